The lowest BCUT2D eigenvalue weighted by atomic mass is 9.82. The molecule has 0 amide bonds. The third-order valence-corrected chi connectivity index (χ3v) is 5.26. The Morgan fingerprint density at radius 2 is 1.21 bits per heavy atom. The monoisotopic (exact) mass is 410 g/mol. The summed E-state index contributed by atoms with van der Waals surface area (Å²) in [6.45, 7) is 0. The van der Waals surface area contributed by atoms with Gasteiger partial charge in [-0.05, 0) is 51.5 Å². The van der Waals surface area contributed by atoms with Crippen LogP contribution in [0.3, 0.4) is 0 Å². The second kappa shape index (κ2) is 6.89. The standard InChI is InChI=1S/C22H12Cl2O4/c23-20(26)22(21(24)27)18-16(19(25)28-22)12-11-15(13-7-3-1-4-8-13)17(18)14-9-5-2-6-10-14/h1-12H. The lowest BCUT2D eigenvalue weighted by Gasteiger charge is -2.24. The normalized spacial score (nSPS) is 14.3. The fraction of sp³-hybridized carbons (Fsp3) is 0.0455. The Morgan fingerprint density at radius 3 is 1.75 bits per heavy atom. The molecule has 6 heteroatoms. The molecule has 1 aliphatic rings. The highest BCUT2D eigenvalue weighted by Gasteiger charge is 2.58. The van der Waals surface area contributed by atoms with Crippen molar-refractivity contribution in [1.29, 1.82) is 0 Å². The number of hydrogen-bond acceptors (Lipinski definition) is 4. The van der Waals surface area contributed by atoms with Crippen LogP contribution in [0.5, 0.6) is 0 Å². The van der Waals surface area contributed by atoms with Crippen molar-refractivity contribution in [3.8, 4) is 22.3 Å². The van der Waals surface area contributed by atoms with Gasteiger partial charge in [0, 0.05) is 5.56 Å². The molecule has 0 aliphatic carbocycles. The van der Waals surface area contributed by atoms with Crippen LogP contribution < -0.4 is 0 Å². The Labute approximate surface area is 170 Å². The predicted octanol–water partition coefficient (Wildman–Crippen LogP) is 4.92. The maximum atomic E-state index is 12.5. The molecule has 0 bridgehead atoms. The minimum Gasteiger partial charge on any atom is -0.431 e. The summed E-state index contributed by atoms with van der Waals surface area (Å²) >= 11 is 11.5. The van der Waals surface area contributed by atoms with Gasteiger partial charge in [-0.25, -0.2) is 4.79 Å². The number of carbonyl (C=O) groups is 3. The summed E-state index contributed by atoms with van der Waals surface area (Å²) < 4.78 is 5.19. The first-order valence-electron chi connectivity index (χ1n) is 8.38. The molecule has 0 unspecified atom stereocenters. The number of ether oxygens (including phenoxy) is 1. The van der Waals surface area contributed by atoms with Crippen molar-refractivity contribution >= 4 is 39.7 Å². The van der Waals surface area contributed by atoms with Gasteiger partial charge in [-0.15, -0.1) is 0 Å². The quantitative estimate of drug-likeness (QED) is 0.348. The van der Waals surface area contributed by atoms with Gasteiger partial charge in [0.15, 0.2) is 0 Å². The second-order valence-corrected chi connectivity index (χ2v) is 6.95. The van der Waals surface area contributed by atoms with Crippen molar-refractivity contribution in [3.05, 3.63) is 83.9 Å². The zero-order valence-electron chi connectivity index (χ0n) is 14.3. The van der Waals surface area contributed by atoms with Gasteiger partial charge < -0.3 is 4.74 Å². The van der Waals surface area contributed by atoms with Crippen LogP contribution in [0.2, 0.25) is 0 Å². The lowest BCUT2D eigenvalue weighted by molar-refractivity contribution is -0.141. The summed E-state index contributed by atoms with van der Waals surface area (Å²) in [6, 6.07) is 21.7. The summed E-state index contributed by atoms with van der Waals surface area (Å²) in [6.07, 6.45) is 0. The first kappa shape index (κ1) is 18.4. The third kappa shape index (κ3) is 2.65. The molecule has 0 spiro atoms. The number of carbonyl (C=O) groups excluding carboxylic acids is 3. The van der Waals surface area contributed by atoms with E-state index in [9.17, 15) is 14.4 Å². The van der Waals surface area contributed by atoms with E-state index in [0.29, 0.717) is 16.7 Å². The molecule has 0 saturated carbocycles. The van der Waals surface area contributed by atoms with Crippen LogP contribution in [0.25, 0.3) is 22.3 Å². The molecule has 1 aliphatic heterocycles. The summed E-state index contributed by atoms with van der Waals surface area (Å²) in [5.41, 5.74) is 0.512. The summed E-state index contributed by atoms with van der Waals surface area (Å²) in [7, 11) is 0. The minimum absolute atomic E-state index is 0.0741. The molecular formula is C22H12Cl2O4. The summed E-state index contributed by atoms with van der Waals surface area (Å²) in [4.78, 5) is 37.1. The van der Waals surface area contributed by atoms with E-state index in [0.717, 1.165) is 5.56 Å². The van der Waals surface area contributed by atoms with E-state index in [1.165, 1.54) is 6.07 Å². The average molecular weight is 411 g/mol. The fourth-order valence-corrected chi connectivity index (χ4v) is 3.99. The Hall–Kier alpha value is -2.95. The van der Waals surface area contributed by atoms with E-state index >= 15 is 0 Å². The first-order valence-corrected chi connectivity index (χ1v) is 9.14. The van der Waals surface area contributed by atoms with Crippen molar-refractivity contribution < 1.29 is 19.1 Å². The molecule has 0 radical (unpaired) electrons. The van der Waals surface area contributed by atoms with Gasteiger partial charge in [0.2, 0.25) is 0 Å². The maximum absolute atomic E-state index is 12.5. The lowest BCUT2D eigenvalue weighted by Crippen LogP contribution is -2.39. The number of halogens is 2. The Kier molecular flexibility index (Phi) is 4.53. The molecule has 0 fully saturated rings. The average Bonchev–Trinajstić information content (AvgIpc) is 3.03. The maximum Gasteiger partial charge on any atom is 0.340 e. The number of rotatable bonds is 4. The van der Waals surface area contributed by atoms with E-state index in [1.807, 2.05) is 60.7 Å². The minimum atomic E-state index is -2.38. The first-order chi connectivity index (χ1) is 13.5. The van der Waals surface area contributed by atoms with Gasteiger partial charge in [-0.1, -0.05) is 66.7 Å². The highest BCUT2D eigenvalue weighted by atomic mass is 35.5. The fourth-order valence-electron chi connectivity index (χ4n) is 3.50. The number of esters is 1. The van der Waals surface area contributed by atoms with E-state index in [1.54, 1.807) is 6.07 Å². The van der Waals surface area contributed by atoms with E-state index < -0.39 is 22.1 Å². The molecule has 28 heavy (non-hydrogen) atoms. The van der Waals surface area contributed by atoms with Crippen LogP contribution in [0.4, 0.5) is 0 Å². The molecule has 3 aromatic rings. The van der Waals surface area contributed by atoms with Gasteiger partial charge in [-0.3, -0.25) is 9.59 Å². The number of benzene rings is 3. The van der Waals surface area contributed by atoms with E-state index in [-0.39, 0.29) is 11.1 Å². The van der Waals surface area contributed by atoms with Crippen molar-refractivity contribution in [2.24, 2.45) is 0 Å². The van der Waals surface area contributed by atoms with Crippen molar-refractivity contribution in [2.45, 2.75) is 5.60 Å². The SMILES string of the molecule is O=C1OC(C(=O)Cl)(C(=O)Cl)c2c1ccc(-c1ccccc1)c2-c1ccccc1. The van der Waals surface area contributed by atoms with E-state index in [2.05, 4.69) is 0 Å². The zero-order valence-corrected chi connectivity index (χ0v) is 15.8. The largest absolute Gasteiger partial charge is 0.431 e. The van der Waals surface area contributed by atoms with Gasteiger partial charge in [0.25, 0.3) is 16.1 Å². The van der Waals surface area contributed by atoms with Crippen LogP contribution in [0.15, 0.2) is 72.8 Å². The van der Waals surface area contributed by atoms with Crippen LogP contribution in [-0.4, -0.2) is 16.5 Å². The Balaban J connectivity index is 2.17. The Bertz CT molecular complexity index is 1090. The van der Waals surface area contributed by atoms with Gasteiger partial charge >= 0.3 is 5.97 Å². The molecule has 4 rings (SSSR count). The third-order valence-electron chi connectivity index (χ3n) is 4.72. The van der Waals surface area contributed by atoms with Crippen LogP contribution in [0, 0.1) is 0 Å². The van der Waals surface area contributed by atoms with Crippen molar-refractivity contribution in [1.82, 2.24) is 0 Å². The summed E-state index contributed by atoms with van der Waals surface area (Å²) in [5, 5.41) is -2.33. The molecule has 138 valence electrons. The number of hydrogen-bond donors (Lipinski definition) is 0. The molecular weight excluding hydrogens is 399 g/mol. The van der Waals surface area contributed by atoms with Gasteiger partial charge in [0.05, 0.1) is 5.56 Å². The predicted molar refractivity (Wildman–Crippen MR) is 106 cm³/mol. The van der Waals surface area contributed by atoms with Crippen LogP contribution in [-0.2, 0) is 19.9 Å². The smallest absolute Gasteiger partial charge is 0.340 e. The molecule has 0 saturated heterocycles. The second-order valence-electron chi connectivity index (χ2n) is 6.26. The Morgan fingerprint density at radius 1 is 0.714 bits per heavy atom. The number of cyclic esters (lactones) is 1. The molecule has 1 heterocycles. The van der Waals surface area contributed by atoms with Gasteiger partial charge in [-0.2, -0.15) is 0 Å². The molecule has 0 N–H and O–H groups in total. The van der Waals surface area contributed by atoms with Crippen molar-refractivity contribution in [3.63, 3.8) is 0 Å². The number of fused-ring (bicyclic) bond motifs is 1. The molecule has 3 aromatic carbocycles. The highest BCUT2D eigenvalue weighted by Crippen LogP contribution is 2.48. The summed E-state index contributed by atoms with van der Waals surface area (Å²) in [5.74, 6) is -0.824. The van der Waals surface area contributed by atoms with Crippen LogP contribution in [0.1, 0.15) is 15.9 Å². The highest BCUT2D eigenvalue weighted by molar-refractivity contribution is 6.76. The van der Waals surface area contributed by atoms with Crippen LogP contribution >= 0.6 is 23.2 Å². The topological polar surface area (TPSA) is 60.4 Å². The van der Waals surface area contributed by atoms with Crippen molar-refractivity contribution in [2.75, 3.05) is 0 Å². The molecule has 0 atom stereocenters. The zero-order chi connectivity index (χ0) is 19.9. The molecule has 0 aromatic heterocycles. The van der Waals surface area contributed by atoms with E-state index in [4.69, 9.17) is 27.9 Å². The molecule has 4 nitrogen and oxygen atoms in total. The van der Waals surface area contributed by atoms with Gasteiger partial charge in [0.1, 0.15) is 0 Å².